The van der Waals surface area contributed by atoms with Gasteiger partial charge in [0.25, 0.3) is 5.91 Å². The van der Waals surface area contributed by atoms with Crippen LogP contribution in [0.3, 0.4) is 0 Å². The van der Waals surface area contributed by atoms with Crippen molar-refractivity contribution >= 4 is 23.6 Å². The predicted octanol–water partition coefficient (Wildman–Crippen LogP) is 6.72. The Hall–Kier alpha value is -3.35. The minimum Gasteiger partial charge on any atom is -0.444 e. The van der Waals surface area contributed by atoms with Crippen molar-refractivity contribution in [2.75, 3.05) is 11.9 Å². The van der Waals surface area contributed by atoms with Crippen molar-refractivity contribution in [3.63, 3.8) is 0 Å². The number of anilines is 1. The highest BCUT2D eigenvalue weighted by atomic mass is 16.6. The molecule has 0 aliphatic heterocycles. The van der Waals surface area contributed by atoms with Crippen LogP contribution >= 0.6 is 0 Å². The van der Waals surface area contributed by atoms with Crippen LogP contribution in [0.5, 0.6) is 0 Å². The Labute approximate surface area is 234 Å². The van der Waals surface area contributed by atoms with Crippen molar-refractivity contribution in [2.24, 2.45) is 5.92 Å². The summed E-state index contributed by atoms with van der Waals surface area (Å²) in [5.74, 6) is -0.472. The molecule has 2 N–H and O–H groups in total. The minimum absolute atomic E-state index is 0.128. The van der Waals surface area contributed by atoms with Crippen LogP contribution in [0.1, 0.15) is 89.6 Å². The molecular formula is C32H47N3O4. The summed E-state index contributed by atoms with van der Waals surface area (Å²) in [4.78, 5) is 42.5. The molecule has 0 saturated heterocycles. The van der Waals surface area contributed by atoms with Crippen molar-refractivity contribution in [1.29, 1.82) is 0 Å². The highest BCUT2D eigenvalue weighted by Crippen LogP contribution is 2.28. The summed E-state index contributed by atoms with van der Waals surface area (Å²) < 4.78 is 5.46. The molecule has 2 aromatic carbocycles. The summed E-state index contributed by atoms with van der Waals surface area (Å²) in [5.41, 5.74) is 3.80. The molecular weight excluding hydrogens is 490 g/mol. The summed E-state index contributed by atoms with van der Waals surface area (Å²) >= 11 is 0. The summed E-state index contributed by atoms with van der Waals surface area (Å²) in [5, 5.41) is 5.90. The first-order valence-electron chi connectivity index (χ1n) is 14.0. The molecule has 214 valence electrons. The first-order chi connectivity index (χ1) is 18.3. The zero-order valence-electron chi connectivity index (χ0n) is 25.2. The van der Waals surface area contributed by atoms with E-state index >= 15 is 0 Å². The van der Waals surface area contributed by atoms with E-state index in [-0.39, 0.29) is 17.7 Å². The van der Waals surface area contributed by atoms with Crippen molar-refractivity contribution < 1.29 is 19.1 Å². The van der Waals surface area contributed by atoms with Gasteiger partial charge in [0.2, 0.25) is 5.91 Å². The van der Waals surface area contributed by atoms with Crippen molar-refractivity contribution in [3.05, 3.63) is 64.7 Å². The number of benzene rings is 2. The van der Waals surface area contributed by atoms with E-state index in [1.165, 1.54) is 0 Å². The van der Waals surface area contributed by atoms with Crippen LogP contribution in [0, 0.1) is 19.8 Å². The van der Waals surface area contributed by atoms with E-state index in [2.05, 4.69) is 17.6 Å². The SMILES string of the molecule is CCCN(C(=O)C(CC(C)C)NC(=O)OC(C)(C)C)C(C(=O)Nc1c(C)cccc1C)c1ccc(CC)cc1. The molecule has 7 nitrogen and oxygen atoms in total. The average molecular weight is 538 g/mol. The predicted molar refractivity (Wildman–Crippen MR) is 158 cm³/mol. The van der Waals surface area contributed by atoms with Crippen LogP contribution in [0.15, 0.2) is 42.5 Å². The number of carbonyl (C=O) groups is 3. The highest BCUT2D eigenvalue weighted by molar-refractivity contribution is 5.99. The molecule has 0 heterocycles. The van der Waals surface area contributed by atoms with E-state index in [4.69, 9.17) is 4.74 Å². The van der Waals surface area contributed by atoms with Gasteiger partial charge in [-0.3, -0.25) is 9.59 Å². The lowest BCUT2D eigenvalue weighted by Crippen LogP contribution is -2.53. The minimum atomic E-state index is -0.877. The molecule has 0 fully saturated rings. The average Bonchev–Trinajstić information content (AvgIpc) is 2.84. The van der Waals surface area contributed by atoms with Crippen LogP contribution in [0.4, 0.5) is 10.5 Å². The second-order valence-electron chi connectivity index (χ2n) is 11.6. The monoisotopic (exact) mass is 537 g/mol. The Morgan fingerprint density at radius 1 is 0.949 bits per heavy atom. The zero-order chi connectivity index (χ0) is 29.3. The van der Waals surface area contributed by atoms with Crippen LogP contribution < -0.4 is 10.6 Å². The maximum Gasteiger partial charge on any atom is 0.408 e. The number of alkyl carbamates (subject to hydrolysis) is 1. The second-order valence-corrected chi connectivity index (χ2v) is 11.6. The number of amides is 3. The third kappa shape index (κ3) is 9.41. The normalized spacial score (nSPS) is 13.0. The second kappa shape index (κ2) is 14.2. The summed E-state index contributed by atoms with van der Waals surface area (Å²) in [6.07, 6.45) is 1.28. The number of para-hydroxylation sites is 1. The van der Waals surface area contributed by atoms with Crippen LogP contribution in [0.25, 0.3) is 0 Å². The Bertz CT molecular complexity index is 1100. The van der Waals surface area contributed by atoms with Gasteiger partial charge in [-0.25, -0.2) is 4.79 Å². The van der Waals surface area contributed by atoms with Gasteiger partial charge in [-0.2, -0.15) is 0 Å². The molecule has 0 spiro atoms. The Kier molecular flexibility index (Phi) is 11.6. The maximum absolute atomic E-state index is 14.2. The van der Waals surface area contributed by atoms with Gasteiger partial charge >= 0.3 is 6.09 Å². The number of hydrogen-bond donors (Lipinski definition) is 2. The van der Waals surface area contributed by atoms with Crippen LogP contribution in [-0.4, -0.2) is 41.0 Å². The number of ether oxygens (including phenoxy) is 1. The molecule has 2 aromatic rings. The molecule has 2 unspecified atom stereocenters. The van der Waals surface area contributed by atoms with E-state index in [1.54, 1.807) is 25.7 Å². The molecule has 2 rings (SSSR count). The Balaban J connectivity index is 2.55. The number of nitrogens with zero attached hydrogens (tertiary/aromatic N) is 1. The molecule has 0 aliphatic rings. The fraction of sp³-hybridized carbons (Fsp3) is 0.531. The molecule has 39 heavy (non-hydrogen) atoms. The first-order valence-corrected chi connectivity index (χ1v) is 14.0. The van der Waals surface area contributed by atoms with Gasteiger partial charge in [0.1, 0.15) is 17.7 Å². The standard InChI is InChI=1S/C32H47N3O4/c1-10-19-35(30(37)26(20-21(3)4)33-31(38)39-32(7,8)9)28(25-17-15-24(11-2)16-18-25)29(36)34-27-22(5)13-12-14-23(27)6/h12-18,21,26,28H,10-11,19-20H2,1-9H3,(H,33,38)(H,34,36). The molecule has 0 bridgehead atoms. The summed E-state index contributed by atoms with van der Waals surface area (Å²) in [6, 6.07) is 12.0. The number of hydrogen-bond acceptors (Lipinski definition) is 4. The van der Waals surface area contributed by atoms with Gasteiger partial charge in [0.15, 0.2) is 0 Å². The van der Waals surface area contributed by atoms with Crippen LogP contribution in [-0.2, 0) is 20.7 Å². The Morgan fingerprint density at radius 2 is 1.54 bits per heavy atom. The van der Waals surface area contributed by atoms with Gasteiger partial charge in [-0.15, -0.1) is 0 Å². The maximum atomic E-state index is 14.2. The fourth-order valence-corrected chi connectivity index (χ4v) is 4.56. The first kappa shape index (κ1) is 31.9. The van der Waals surface area contributed by atoms with Gasteiger partial charge in [-0.05, 0) is 82.1 Å². The lowest BCUT2D eigenvalue weighted by molar-refractivity contribution is -0.141. The molecule has 0 aliphatic carbocycles. The number of rotatable bonds is 11. The van der Waals surface area contributed by atoms with E-state index in [0.29, 0.717) is 19.4 Å². The lowest BCUT2D eigenvalue weighted by Gasteiger charge is -2.35. The van der Waals surface area contributed by atoms with Crippen molar-refractivity contribution in [2.45, 2.75) is 99.3 Å². The third-order valence-corrected chi connectivity index (χ3v) is 6.44. The molecule has 0 saturated carbocycles. The van der Waals surface area contributed by atoms with Gasteiger partial charge in [-0.1, -0.05) is 70.2 Å². The highest BCUT2D eigenvalue weighted by Gasteiger charge is 2.36. The van der Waals surface area contributed by atoms with Gasteiger partial charge in [0.05, 0.1) is 0 Å². The van der Waals surface area contributed by atoms with Crippen molar-refractivity contribution in [1.82, 2.24) is 10.2 Å². The van der Waals surface area contributed by atoms with E-state index < -0.39 is 23.8 Å². The lowest BCUT2D eigenvalue weighted by atomic mass is 9.97. The number of aryl methyl sites for hydroxylation is 3. The van der Waals surface area contributed by atoms with Gasteiger partial charge < -0.3 is 20.3 Å². The third-order valence-electron chi connectivity index (χ3n) is 6.44. The molecule has 7 heteroatoms. The van der Waals surface area contributed by atoms with Gasteiger partial charge in [0, 0.05) is 12.2 Å². The zero-order valence-corrected chi connectivity index (χ0v) is 25.2. The molecule has 0 radical (unpaired) electrons. The van der Waals surface area contributed by atoms with Crippen molar-refractivity contribution in [3.8, 4) is 0 Å². The summed E-state index contributed by atoms with van der Waals surface area (Å²) in [6.45, 7) is 17.6. The van der Waals surface area contributed by atoms with Crippen LogP contribution in [0.2, 0.25) is 0 Å². The summed E-state index contributed by atoms with van der Waals surface area (Å²) in [7, 11) is 0. The topological polar surface area (TPSA) is 87.7 Å². The smallest absolute Gasteiger partial charge is 0.408 e. The number of carbonyl (C=O) groups excluding carboxylic acids is 3. The quantitative estimate of drug-likeness (QED) is 0.333. The molecule has 3 amide bonds. The van der Waals surface area contributed by atoms with E-state index in [0.717, 1.165) is 34.4 Å². The number of nitrogens with one attached hydrogen (secondary N) is 2. The molecule has 0 aromatic heterocycles. The van der Waals surface area contributed by atoms with E-state index in [9.17, 15) is 14.4 Å². The molecule has 2 atom stereocenters. The Morgan fingerprint density at radius 3 is 2.03 bits per heavy atom. The van der Waals surface area contributed by atoms with E-state index in [1.807, 2.05) is 77.1 Å². The fourth-order valence-electron chi connectivity index (χ4n) is 4.56. The largest absolute Gasteiger partial charge is 0.444 e.